The van der Waals surface area contributed by atoms with Gasteiger partial charge in [-0.1, -0.05) is 70.5 Å². The van der Waals surface area contributed by atoms with Crippen LogP contribution in [0.1, 0.15) is 91.7 Å². The van der Waals surface area contributed by atoms with Crippen LogP contribution in [0, 0.1) is 17.8 Å². The number of carbonyl (C=O) groups excluding carboxylic acids is 10. The standard InChI is InChI=1S/C62H84ClN9O19/c1-34(2)52(68-47(73)21-24-86-26-27-87-25-23-71-48(74)19-20-49(71)75)55(78)67-40(12-11-22-65-57(64)80)54(77)66-39-15-13-37(14-16-39)33-88-59(82)72-44-17-18-45(85-10)62(83)32-43(89-58(81)69-62)36(5)53-61(7,91-53)46(90-56(79)35(3)4)30-50(76)70(8)41-28-38(31-60(44,72)6)29-42(84-9)51(41)63/h13-20,28-29,34-36,40,43-46,52-53,83H,11-12,21-27,30-33H2,1-10H3,(H,66,77)(H,67,78)(H,68,73)(H,69,81)(H3,64,65,80)/b18-17+/t36-,40+,43+,44-,45-,46+,52+,53+,60?,61+,62+,72?/m1/s1. The minimum absolute atomic E-state index is 0.000348. The minimum atomic E-state index is -2.04. The van der Waals surface area contributed by atoms with Crippen LogP contribution in [-0.4, -0.2) is 195 Å². The Labute approximate surface area is 532 Å². The number of amides is 10. The lowest BCUT2D eigenvalue weighted by atomic mass is 9.83. The van der Waals surface area contributed by atoms with Crippen molar-refractivity contribution in [1.82, 2.24) is 31.1 Å². The first-order valence-electron chi connectivity index (χ1n) is 30.2. The van der Waals surface area contributed by atoms with E-state index in [4.69, 9.17) is 55.2 Å². The lowest BCUT2D eigenvalue weighted by Gasteiger charge is -2.42. The van der Waals surface area contributed by atoms with E-state index in [1.54, 1.807) is 90.1 Å². The molecule has 3 fully saturated rings. The van der Waals surface area contributed by atoms with Crippen LogP contribution in [0.2, 0.25) is 5.02 Å². The van der Waals surface area contributed by atoms with Crippen LogP contribution >= 0.6 is 11.6 Å². The second-order valence-electron chi connectivity index (χ2n) is 24.2. The molecule has 5 heterocycles. The van der Waals surface area contributed by atoms with Gasteiger partial charge in [-0.3, -0.25) is 48.7 Å². The molecule has 0 aromatic heterocycles. The lowest BCUT2D eigenvalue weighted by Crippen LogP contribution is -2.63. The van der Waals surface area contributed by atoms with Crippen molar-refractivity contribution in [2.75, 3.05) is 71.0 Å². The number of fused-ring (bicyclic) bond motifs is 6. The number of nitrogens with two attached hydrogens (primary N) is 1. The van der Waals surface area contributed by atoms with Gasteiger partial charge < -0.3 is 74.9 Å². The van der Waals surface area contributed by atoms with Gasteiger partial charge in [-0.05, 0) is 74.4 Å². The fourth-order valence-corrected chi connectivity index (χ4v) is 11.6. The quantitative estimate of drug-likeness (QED) is 0.0187. The molecule has 3 saturated heterocycles. The van der Waals surface area contributed by atoms with Crippen molar-refractivity contribution in [3.05, 3.63) is 76.9 Å². The van der Waals surface area contributed by atoms with E-state index in [2.05, 4.69) is 26.6 Å². The van der Waals surface area contributed by atoms with Crippen molar-refractivity contribution in [2.45, 2.75) is 153 Å². The fourth-order valence-electron chi connectivity index (χ4n) is 11.3. The SMILES string of the molecule is COc1cc2cc(c1Cl)N(C)C(=O)C[C@H](OC(=O)C(C)C)[C@]1(C)O[C@H]1[C@H](C)[C@@H]1C[C@@](O)(NC(=O)O1)[C@H](OC)/C=C/[C@H]1N(C(=O)OCc3ccc(NC(=O)[C@H](CCCNC(N)=O)NC(=O)[C@@H](NC(=O)CCOCCOCCN4C(=O)C=CC4=O)C(C)C)cc3)C1(C)C2. The minimum Gasteiger partial charge on any atom is -0.495 e. The molecule has 0 spiro atoms. The second kappa shape index (κ2) is 30.5. The number of carbonyl (C=O) groups is 10. The van der Waals surface area contributed by atoms with Crippen molar-refractivity contribution >= 4 is 82.6 Å². The van der Waals surface area contributed by atoms with E-state index in [0.29, 0.717) is 16.8 Å². The van der Waals surface area contributed by atoms with Gasteiger partial charge >= 0.3 is 24.2 Å². The summed E-state index contributed by atoms with van der Waals surface area (Å²) in [6.07, 6.45) is -0.196. The topological polar surface area (TPSA) is 364 Å². The third-order valence-corrected chi connectivity index (χ3v) is 17.2. The number of nitrogens with one attached hydrogen (secondary N) is 5. The number of benzene rings is 2. The highest BCUT2D eigenvalue weighted by Gasteiger charge is 2.65. The summed E-state index contributed by atoms with van der Waals surface area (Å²) in [5.74, 6) is -4.95. The van der Waals surface area contributed by atoms with Crippen LogP contribution in [0.25, 0.3) is 0 Å². The third-order valence-electron chi connectivity index (χ3n) is 16.8. The van der Waals surface area contributed by atoms with E-state index in [1.165, 1.54) is 43.2 Å². The molecule has 10 amide bonds. The van der Waals surface area contributed by atoms with Gasteiger partial charge in [-0.2, -0.15) is 0 Å². The summed E-state index contributed by atoms with van der Waals surface area (Å²) in [5, 5.41) is 25.6. The maximum absolute atomic E-state index is 14.4. The normalized spacial score (nSPS) is 26.3. The Balaban J connectivity index is 1.02. The number of halogens is 1. The first-order valence-corrected chi connectivity index (χ1v) is 30.5. The smallest absolute Gasteiger partial charge is 0.411 e. The van der Waals surface area contributed by atoms with E-state index in [9.17, 15) is 53.1 Å². The Hall–Kier alpha value is -7.89. The molecule has 11 atom stereocenters. The monoisotopic (exact) mass is 1290 g/mol. The van der Waals surface area contributed by atoms with E-state index < -0.39 is 137 Å². The number of hydrogen-bond donors (Lipinski definition) is 7. The molecule has 29 heteroatoms. The molecule has 2 aromatic carbocycles. The zero-order chi connectivity index (χ0) is 66.7. The van der Waals surface area contributed by atoms with Gasteiger partial charge in [0.25, 0.3) is 11.8 Å². The molecule has 1 unspecified atom stereocenters. The Kier molecular flexibility index (Phi) is 23.6. The first kappa shape index (κ1) is 70.6. The zero-order valence-corrected chi connectivity index (χ0v) is 53.6. The van der Waals surface area contributed by atoms with Gasteiger partial charge in [0, 0.05) is 57.3 Å². The third kappa shape index (κ3) is 17.6. The fraction of sp³-hybridized carbons (Fsp3) is 0.581. The number of aliphatic hydroxyl groups is 1. The molecule has 5 aliphatic rings. The van der Waals surface area contributed by atoms with Gasteiger partial charge in [0.05, 0.1) is 75.8 Å². The molecule has 498 valence electrons. The summed E-state index contributed by atoms with van der Waals surface area (Å²) in [7, 11) is 4.30. The van der Waals surface area contributed by atoms with Gasteiger partial charge in [0.2, 0.25) is 23.6 Å². The van der Waals surface area contributed by atoms with Gasteiger partial charge in [0.15, 0.2) is 5.72 Å². The summed E-state index contributed by atoms with van der Waals surface area (Å²) >= 11 is 6.93. The second-order valence-corrected chi connectivity index (χ2v) is 24.6. The van der Waals surface area contributed by atoms with E-state index in [0.717, 1.165) is 4.90 Å². The first-order chi connectivity index (χ1) is 43.0. The molecule has 28 nitrogen and oxygen atoms in total. The number of methoxy groups -OCH3 is 2. The summed E-state index contributed by atoms with van der Waals surface area (Å²) in [6, 6.07) is 6.10. The Morgan fingerprint density at radius 2 is 1.59 bits per heavy atom. The molecule has 0 aliphatic carbocycles. The van der Waals surface area contributed by atoms with Crippen molar-refractivity contribution in [2.24, 2.45) is 23.5 Å². The molecule has 0 radical (unpaired) electrons. The predicted molar refractivity (Wildman–Crippen MR) is 327 cm³/mol. The molecular formula is C62H84ClN9O19. The number of primary amides is 1. The summed E-state index contributed by atoms with van der Waals surface area (Å²) in [5.41, 5.74) is 2.67. The summed E-state index contributed by atoms with van der Waals surface area (Å²) in [4.78, 5) is 135. The largest absolute Gasteiger partial charge is 0.495 e. The van der Waals surface area contributed by atoms with Gasteiger partial charge in [-0.15, -0.1) is 0 Å². The van der Waals surface area contributed by atoms with Crippen molar-refractivity contribution in [3.8, 4) is 5.75 Å². The van der Waals surface area contributed by atoms with Gasteiger partial charge in [-0.25, -0.2) is 14.4 Å². The number of ether oxygens (including phenoxy) is 8. The molecule has 4 bridgehead atoms. The van der Waals surface area contributed by atoms with Crippen molar-refractivity contribution < 1.29 is 90.9 Å². The maximum atomic E-state index is 14.4. The van der Waals surface area contributed by atoms with Crippen LogP contribution in [0.3, 0.4) is 0 Å². The predicted octanol–water partition coefficient (Wildman–Crippen LogP) is 3.52. The Morgan fingerprint density at radius 1 is 0.912 bits per heavy atom. The number of epoxide rings is 1. The van der Waals surface area contributed by atoms with Crippen LogP contribution in [-0.2, 0) is 79.7 Å². The number of imide groups is 1. The van der Waals surface area contributed by atoms with Crippen LogP contribution < -0.4 is 42.0 Å². The molecule has 5 aliphatic heterocycles. The van der Waals surface area contributed by atoms with Crippen LogP contribution in [0.4, 0.5) is 25.8 Å². The number of anilines is 2. The van der Waals surface area contributed by atoms with Gasteiger partial charge in [0.1, 0.15) is 53.4 Å². The summed E-state index contributed by atoms with van der Waals surface area (Å²) in [6.45, 7) is 12.4. The zero-order valence-electron chi connectivity index (χ0n) is 52.8. The molecule has 7 rings (SSSR count). The molecule has 8 N–H and O–H groups in total. The van der Waals surface area contributed by atoms with Crippen LogP contribution in [0.5, 0.6) is 5.75 Å². The van der Waals surface area contributed by atoms with Crippen molar-refractivity contribution in [1.29, 1.82) is 0 Å². The Morgan fingerprint density at radius 3 is 2.23 bits per heavy atom. The molecule has 91 heavy (non-hydrogen) atoms. The molecule has 0 saturated carbocycles. The van der Waals surface area contributed by atoms with E-state index in [1.807, 2.05) is 6.92 Å². The number of rotatable bonds is 25. The van der Waals surface area contributed by atoms with Crippen LogP contribution in [0.15, 0.2) is 60.7 Å². The number of urea groups is 1. The summed E-state index contributed by atoms with van der Waals surface area (Å²) < 4.78 is 46.4. The number of alkyl carbamates (subject to hydrolysis) is 1. The van der Waals surface area contributed by atoms with E-state index >= 15 is 0 Å². The molecule has 2 aromatic rings. The highest BCUT2D eigenvalue weighted by atomic mass is 35.5. The number of esters is 1. The Bertz CT molecular complexity index is 3090. The average molecular weight is 1290 g/mol. The lowest BCUT2D eigenvalue weighted by molar-refractivity contribution is -0.157. The number of hydrogen-bond acceptors (Lipinski definition) is 19. The average Bonchev–Trinajstić information content (AvgIpc) is 1.57. The van der Waals surface area contributed by atoms with Crippen molar-refractivity contribution in [3.63, 3.8) is 0 Å². The van der Waals surface area contributed by atoms with E-state index in [-0.39, 0.29) is 101 Å². The number of nitrogens with zero attached hydrogens (tertiary/aromatic N) is 3. The maximum Gasteiger partial charge on any atom is 0.411 e. The highest BCUT2D eigenvalue weighted by molar-refractivity contribution is 6.35. The molecular weight excluding hydrogens is 1210 g/mol. The highest BCUT2D eigenvalue weighted by Crippen LogP contribution is 2.51.